The SMILES string of the molecule is C=CCOc1ncnc2c1ncn2[C@@H]1O[C@H](COP(=S)(OCCC#N)O[C@H]2[C@@H](F)[C@H](n3cnc4c(N(CC=C)C(=O)c5ccccc5)ncnc43)O[C@@H]2COC(c2ccccc2)(c2ccc(OC)cc2)c2ccc(OC)cc2)[C@@H](O)[C@H]1F. The fraction of sp³-hybridized carbons (Fsp3) is 0.298. The number of nitriles is 1. The number of aliphatic hydroxyl groups is 1. The van der Waals surface area contributed by atoms with Gasteiger partial charge in [0.2, 0.25) is 5.88 Å². The summed E-state index contributed by atoms with van der Waals surface area (Å²) in [6, 6.07) is 34.6. The highest BCUT2D eigenvalue weighted by molar-refractivity contribution is 8.07. The van der Waals surface area contributed by atoms with Gasteiger partial charge in [0.1, 0.15) is 60.8 Å². The molecule has 4 aromatic heterocycles. The Morgan fingerprint density at radius 2 is 1.35 bits per heavy atom. The van der Waals surface area contributed by atoms with Gasteiger partial charge in [0.25, 0.3) is 5.91 Å². The third kappa shape index (κ3) is 11.5. The topological polar surface area (TPSA) is 235 Å². The lowest BCUT2D eigenvalue weighted by Crippen LogP contribution is -2.40. The van der Waals surface area contributed by atoms with E-state index >= 15 is 8.78 Å². The summed E-state index contributed by atoms with van der Waals surface area (Å²) in [6.45, 7) is 1.99. The van der Waals surface area contributed by atoms with E-state index in [2.05, 4.69) is 43.1 Å². The average molecular weight is 1160 g/mol. The second-order valence-corrected chi connectivity index (χ2v) is 21.5. The number of imidazole rings is 2. The minimum Gasteiger partial charge on any atom is -0.497 e. The van der Waals surface area contributed by atoms with Crippen molar-refractivity contribution in [2.75, 3.05) is 52.1 Å². The fourth-order valence-electron chi connectivity index (χ4n) is 9.75. The van der Waals surface area contributed by atoms with Gasteiger partial charge in [-0.1, -0.05) is 91.5 Å². The van der Waals surface area contributed by atoms with Crippen molar-refractivity contribution in [3.8, 4) is 23.4 Å². The second kappa shape index (κ2) is 25.5. The van der Waals surface area contributed by atoms with E-state index in [0.717, 1.165) is 0 Å². The standard InChI is InChI=1S/C57H55F2N10O11PS/c1-5-27-67(54(71)36-14-9-7-10-15-36)50-46-51(62-32-61-50)68(34-65-46)56-45(59)49(43(79-56)30-75-57(37-16-11-8-12-17-37,38-18-22-40(72-3)23-19-38)39-20-24-41(73-4)25-21-39)80-81(82,76-29-13-26-60)77-31-42-48(70)44(58)55(78-42)69-35-66-47-52(69)63-33-64-53(47)74-28-6-2/h5-12,14-25,32-35,42-45,48-49,55-56,70H,1-2,13,27-31H2,3-4H3/t42-,43-,44-,45-,48-,49-,55-,56-,81?/m1/s1. The van der Waals surface area contributed by atoms with Crippen LogP contribution in [0.1, 0.15) is 45.9 Å². The van der Waals surface area contributed by atoms with E-state index in [1.807, 2.05) is 60.7 Å². The first kappa shape index (κ1) is 57.3. The number of rotatable bonds is 25. The molecular formula is C57H55F2N10O11PS. The summed E-state index contributed by atoms with van der Waals surface area (Å²) in [4.78, 5) is 41.7. The van der Waals surface area contributed by atoms with E-state index < -0.39 is 80.7 Å². The zero-order valence-electron chi connectivity index (χ0n) is 44.2. The molecule has 10 rings (SSSR count). The molecule has 2 aliphatic heterocycles. The maximum Gasteiger partial charge on any atom is 0.327 e. The first-order valence-electron chi connectivity index (χ1n) is 25.7. The van der Waals surface area contributed by atoms with Crippen LogP contribution in [0.15, 0.2) is 160 Å². The summed E-state index contributed by atoms with van der Waals surface area (Å²) in [5.41, 5.74) is 1.49. The van der Waals surface area contributed by atoms with E-state index in [0.29, 0.717) is 33.8 Å². The van der Waals surface area contributed by atoms with Gasteiger partial charge in [-0.3, -0.25) is 23.4 Å². The van der Waals surface area contributed by atoms with Crippen molar-refractivity contribution in [2.45, 2.75) is 61.2 Å². The summed E-state index contributed by atoms with van der Waals surface area (Å²) in [7, 11) is 3.11. The van der Waals surface area contributed by atoms with Crippen LogP contribution in [-0.4, -0.2) is 134 Å². The lowest BCUT2D eigenvalue weighted by molar-refractivity contribution is -0.0933. The van der Waals surface area contributed by atoms with Crippen molar-refractivity contribution in [1.29, 1.82) is 5.26 Å². The largest absolute Gasteiger partial charge is 0.497 e. The van der Waals surface area contributed by atoms with Gasteiger partial charge >= 0.3 is 6.72 Å². The number of hydrogen-bond donors (Lipinski definition) is 1. The highest BCUT2D eigenvalue weighted by Gasteiger charge is 2.53. The molecule has 0 saturated carbocycles. The number of carbonyl (C=O) groups is 1. The molecule has 1 amide bonds. The first-order chi connectivity index (χ1) is 39.9. The van der Waals surface area contributed by atoms with Crippen LogP contribution in [0.5, 0.6) is 17.4 Å². The lowest BCUT2D eigenvalue weighted by atomic mass is 9.80. The zero-order chi connectivity index (χ0) is 57.4. The third-order valence-electron chi connectivity index (χ3n) is 13.7. The Kier molecular flexibility index (Phi) is 17.8. The molecule has 0 aliphatic carbocycles. The maximum absolute atomic E-state index is 18.2. The summed E-state index contributed by atoms with van der Waals surface area (Å²) in [6.07, 6.45) is -5.62. The van der Waals surface area contributed by atoms with Gasteiger partial charge in [0.15, 0.2) is 52.9 Å². The van der Waals surface area contributed by atoms with Crippen molar-refractivity contribution in [2.24, 2.45) is 0 Å². The van der Waals surface area contributed by atoms with Gasteiger partial charge in [0, 0.05) is 12.1 Å². The van der Waals surface area contributed by atoms with Crippen LogP contribution in [-0.2, 0) is 45.2 Å². The molecule has 6 heterocycles. The molecule has 8 aromatic rings. The number of hydrogen-bond acceptors (Lipinski definition) is 19. The second-order valence-electron chi connectivity index (χ2n) is 18.6. The molecule has 0 bridgehead atoms. The van der Waals surface area contributed by atoms with E-state index in [4.69, 9.17) is 53.8 Å². The van der Waals surface area contributed by atoms with Gasteiger partial charge in [0.05, 0.1) is 59.2 Å². The van der Waals surface area contributed by atoms with Gasteiger partial charge in [-0.2, -0.15) is 10.2 Å². The quantitative estimate of drug-likeness (QED) is 0.0244. The van der Waals surface area contributed by atoms with Crippen LogP contribution in [0, 0.1) is 11.3 Å². The molecule has 25 heteroatoms. The van der Waals surface area contributed by atoms with E-state index in [1.165, 1.54) is 51.5 Å². The Morgan fingerprint density at radius 1 is 0.768 bits per heavy atom. The predicted molar refractivity (Wildman–Crippen MR) is 298 cm³/mol. The fourth-order valence-corrected chi connectivity index (χ4v) is 11.8. The van der Waals surface area contributed by atoms with Crippen LogP contribution in [0.2, 0.25) is 0 Å². The van der Waals surface area contributed by atoms with E-state index in [9.17, 15) is 15.2 Å². The predicted octanol–water partition coefficient (Wildman–Crippen LogP) is 8.48. The normalized spacial score (nSPS) is 21.4. The zero-order valence-corrected chi connectivity index (χ0v) is 46.0. The van der Waals surface area contributed by atoms with Crippen LogP contribution >= 0.6 is 6.72 Å². The number of aromatic nitrogens is 8. The van der Waals surface area contributed by atoms with Crippen LogP contribution in [0.3, 0.4) is 0 Å². The molecule has 1 N–H and O–H groups in total. The number of anilines is 1. The smallest absolute Gasteiger partial charge is 0.327 e. The summed E-state index contributed by atoms with van der Waals surface area (Å²) in [5, 5.41) is 21.0. The minimum atomic E-state index is -4.29. The van der Waals surface area contributed by atoms with Crippen LogP contribution < -0.4 is 19.1 Å². The van der Waals surface area contributed by atoms with Crippen molar-refractivity contribution in [3.05, 3.63) is 182 Å². The number of halogens is 2. The lowest BCUT2D eigenvalue weighted by Gasteiger charge is -2.37. The molecule has 0 spiro atoms. The number of nitrogens with zero attached hydrogens (tertiary/aromatic N) is 10. The monoisotopic (exact) mass is 1160 g/mol. The van der Waals surface area contributed by atoms with E-state index in [-0.39, 0.29) is 60.2 Å². The molecule has 424 valence electrons. The van der Waals surface area contributed by atoms with Crippen molar-refractivity contribution >= 4 is 52.6 Å². The number of aliphatic hydroxyl groups excluding tert-OH is 1. The summed E-state index contributed by atoms with van der Waals surface area (Å²) < 4.78 is 92.8. The Balaban J connectivity index is 1.02. The molecule has 21 nitrogen and oxygen atoms in total. The number of amides is 1. The number of methoxy groups -OCH3 is 2. The molecule has 4 aromatic carbocycles. The molecule has 82 heavy (non-hydrogen) atoms. The van der Waals surface area contributed by atoms with Crippen molar-refractivity contribution in [3.63, 3.8) is 0 Å². The number of alkyl halides is 2. The molecule has 1 unspecified atom stereocenters. The number of carbonyl (C=O) groups excluding carboxylic acids is 1. The van der Waals surface area contributed by atoms with Gasteiger partial charge in [-0.05, 0) is 64.9 Å². The van der Waals surface area contributed by atoms with Crippen molar-refractivity contribution in [1.82, 2.24) is 39.0 Å². The molecule has 0 radical (unpaired) electrons. The number of ether oxygens (including phenoxy) is 6. The number of fused-ring (bicyclic) bond motifs is 2. The van der Waals surface area contributed by atoms with Gasteiger partial charge in [-0.15, -0.1) is 6.58 Å². The Morgan fingerprint density at radius 3 is 1.98 bits per heavy atom. The first-order valence-corrected chi connectivity index (χ1v) is 28.3. The molecule has 9 atom stereocenters. The molecular weight excluding hydrogens is 1100 g/mol. The third-order valence-corrected chi connectivity index (χ3v) is 16.0. The Labute approximate surface area is 474 Å². The molecule has 2 saturated heterocycles. The molecule has 2 aliphatic rings. The summed E-state index contributed by atoms with van der Waals surface area (Å²) in [5.74, 6) is 0.994. The van der Waals surface area contributed by atoms with Crippen molar-refractivity contribution < 1.29 is 60.7 Å². The maximum atomic E-state index is 18.2. The Bertz CT molecular complexity index is 3560. The van der Waals surface area contributed by atoms with Crippen LogP contribution in [0.4, 0.5) is 14.6 Å². The minimum absolute atomic E-state index is 0.0350. The van der Waals surface area contributed by atoms with Crippen LogP contribution in [0.25, 0.3) is 22.3 Å². The van der Waals surface area contributed by atoms with Gasteiger partial charge < -0.3 is 42.6 Å². The Hall–Kier alpha value is -7.95. The summed E-state index contributed by atoms with van der Waals surface area (Å²) >= 11 is 6.05. The highest BCUT2D eigenvalue weighted by Crippen LogP contribution is 2.55. The molecule has 2 fully saturated rings. The average Bonchev–Trinajstić information content (AvgIpc) is 4.47. The van der Waals surface area contributed by atoms with Gasteiger partial charge in [-0.25, -0.2) is 33.7 Å². The highest BCUT2D eigenvalue weighted by atomic mass is 32.5. The number of benzene rings is 4. The van der Waals surface area contributed by atoms with E-state index in [1.54, 1.807) is 68.8 Å².